The zero-order chi connectivity index (χ0) is 14.0. The van der Waals surface area contributed by atoms with Gasteiger partial charge in [0, 0.05) is 23.1 Å². The second-order valence-corrected chi connectivity index (χ2v) is 7.25. The Morgan fingerprint density at radius 1 is 1.26 bits per heavy atom. The van der Waals surface area contributed by atoms with Crippen molar-refractivity contribution in [2.45, 2.75) is 17.7 Å². The highest BCUT2D eigenvalue weighted by Gasteiger charge is 2.30. The predicted molar refractivity (Wildman–Crippen MR) is 73.6 cm³/mol. The van der Waals surface area contributed by atoms with Gasteiger partial charge < -0.3 is 0 Å². The van der Waals surface area contributed by atoms with Gasteiger partial charge in [-0.15, -0.1) is 0 Å². The molecule has 7 heteroatoms. The molecule has 1 heterocycles. The van der Waals surface area contributed by atoms with Gasteiger partial charge in [0.15, 0.2) is 0 Å². The molecule has 4 nitrogen and oxygen atoms in total. The molecule has 0 amide bonds. The normalized spacial score (nSPS) is 21.0. The van der Waals surface area contributed by atoms with Gasteiger partial charge in [0.05, 0.1) is 16.9 Å². The summed E-state index contributed by atoms with van der Waals surface area (Å²) in [5, 5.41) is 9.48. The summed E-state index contributed by atoms with van der Waals surface area (Å²) in [4.78, 5) is 0.0728. The van der Waals surface area contributed by atoms with Gasteiger partial charge in [0.25, 0.3) is 0 Å². The van der Waals surface area contributed by atoms with E-state index in [9.17, 15) is 8.42 Å². The standard InChI is InChI=1S/C12H12Cl2N2O2S/c13-10-4-11(14)6-12(5-10)19(17,18)16-3-1-2-9(7-15)8-16/h4-6,9H,1-3,8H2. The van der Waals surface area contributed by atoms with Crippen molar-refractivity contribution >= 4 is 33.2 Å². The van der Waals surface area contributed by atoms with Crippen molar-refractivity contribution < 1.29 is 8.42 Å². The fourth-order valence-corrected chi connectivity index (χ4v) is 4.34. The maximum Gasteiger partial charge on any atom is 0.243 e. The highest BCUT2D eigenvalue weighted by molar-refractivity contribution is 7.89. The molecular weight excluding hydrogens is 307 g/mol. The summed E-state index contributed by atoms with van der Waals surface area (Å²) >= 11 is 11.7. The van der Waals surface area contributed by atoms with Crippen LogP contribution >= 0.6 is 23.2 Å². The number of piperidine rings is 1. The van der Waals surface area contributed by atoms with Crippen LogP contribution < -0.4 is 0 Å². The second kappa shape index (κ2) is 5.68. The van der Waals surface area contributed by atoms with E-state index in [0.717, 1.165) is 6.42 Å². The topological polar surface area (TPSA) is 61.2 Å². The van der Waals surface area contributed by atoms with E-state index < -0.39 is 10.0 Å². The lowest BCUT2D eigenvalue weighted by atomic mass is 10.0. The van der Waals surface area contributed by atoms with E-state index in [1.807, 2.05) is 0 Å². The molecule has 1 aliphatic heterocycles. The number of hydrogen-bond acceptors (Lipinski definition) is 3. The van der Waals surface area contributed by atoms with Gasteiger partial charge in [-0.2, -0.15) is 9.57 Å². The van der Waals surface area contributed by atoms with E-state index in [-0.39, 0.29) is 27.4 Å². The van der Waals surface area contributed by atoms with E-state index in [4.69, 9.17) is 28.5 Å². The molecule has 2 rings (SSSR count). The number of sulfonamides is 1. The number of rotatable bonds is 2. The van der Waals surface area contributed by atoms with Gasteiger partial charge in [0.2, 0.25) is 10.0 Å². The molecule has 0 bridgehead atoms. The fourth-order valence-electron chi connectivity index (χ4n) is 2.09. The summed E-state index contributed by atoms with van der Waals surface area (Å²) in [6.07, 6.45) is 1.42. The average molecular weight is 319 g/mol. The summed E-state index contributed by atoms with van der Waals surface area (Å²) in [6.45, 7) is 0.646. The molecule has 1 fully saturated rings. The van der Waals surface area contributed by atoms with E-state index in [1.54, 1.807) is 0 Å². The van der Waals surface area contributed by atoms with Crippen molar-refractivity contribution in [2.24, 2.45) is 5.92 Å². The maximum atomic E-state index is 12.5. The smallest absolute Gasteiger partial charge is 0.207 e. The lowest BCUT2D eigenvalue weighted by Gasteiger charge is -2.28. The fraction of sp³-hybridized carbons (Fsp3) is 0.417. The monoisotopic (exact) mass is 318 g/mol. The van der Waals surface area contributed by atoms with Crippen molar-refractivity contribution in [3.8, 4) is 6.07 Å². The largest absolute Gasteiger partial charge is 0.243 e. The Kier molecular flexibility index (Phi) is 4.36. The Bertz CT molecular complexity index is 605. The highest BCUT2D eigenvalue weighted by Crippen LogP contribution is 2.27. The van der Waals surface area contributed by atoms with Crippen LogP contribution in [-0.2, 0) is 10.0 Å². The van der Waals surface area contributed by atoms with Gasteiger partial charge in [-0.25, -0.2) is 8.42 Å². The molecule has 0 aliphatic carbocycles. The first kappa shape index (κ1) is 14.6. The number of benzene rings is 1. The zero-order valence-electron chi connectivity index (χ0n) is 10.0. The molecule has 1 saturated heterocycles. The van der Waals surface area contributed by atoms with Crippen LogP contribution in [0.3, 0.4) is 0 Å². The molecule has 1 unspecified atom stereocenters. The number of nitriles is 1. The summed E-state index contributed by atoms with van der Waals surface area (Å²) in [7, 11) is -3.64. The minimum Gasteiger partial charge on any atom is -0.207 e. The molecule has 0 saturated carbocycles. The molecule has 1 atom stereocenters. The van der Waals surface area contributed by atoms with Crippen molar-refractivity contribution in [1.29, 1.82) is 5.26 Å². The Balaban J connectivity index is 2.34. The third-order valence-corrected chi connectivity index (χ3v) is 5.32. The molecule has 1 aliphatic rings. The molecule has 102 valence electrons. The number of nitrogens with zero attached hydrogens (tertiary/aromatic N) is 2. The molecule has 0 N–H and O–H groups in total. The molecule has 1 aromatic carbocycles. The van der Waals surface area contributed by atoms with Gasteiger partial charge in [0.1, 0.15) is 0 Å². The first-order valence-electron chi connectivity index (χ1n) is 5.79. The van der Waals surface area contributed by atoms with Crippen molar-refractivity contribution in [3.05, 3.63) is 28.2 Å². The van der Waals surface area contributed by atoms with Crippen LogP contribution in [0.1, 0.15) is 12.8 Å². The average Bonchev–Trinajstić information content (AvgIpc) is 2.37. The second-order valence-electron chi connectivity index (χ2n) is 4.44. The van der Waals surface area contributed by atoms with Gasteiger partial charge in [-0.05, 0) is 31.0 Å². The number of hydrogen-bond donors (Lipinski definition) is 0. The van der Waals surface area contributed by atoms with Gasteiger partial charge >= 0.3 is 0 Å². The Morgan fingerprint density at radius 2 is 1.89 bits per heavy atom. The molecular formula is C12H12Cl2N2O2S. The zero-order valence-corrected chi connectivity index (χ0v) is 12.3. The van der Waals surface area contributed by atoms with E-state index >= 15 is 0 Å². The number of halogens is 2. The summed E-state index contributed by atoms with van der Waals surface area (Å²) in [5.41, 5.74) is 0. The lowest BCUT2D eigenvalue weighted by Crippen LogP contribution is -2.39. The van der Waals surface area contributed by atoms with E-state index in [1.165, 1.54) is 22.5 Å². The van der Waals surface area contributed by atoms with Crippen LogP contribution in [0.15, 0.2) is 23.1 Å². The Labute approximate surface area is 122 Å². The first-order chi connectivity index (χ1) is 8.93. The summed E-state index contributed by atoms with van der Waals surface area (Å²) in [5.74, 6) is -0.252. The lowest BCUT2D eigenvalue weighted by molar-refractivity contribution is 0.305. The minimum absolute atomic E-state index is 0.0728. The Morgan fingerprint density at radius 3 is 2.47 bits per heavy atom. The van der Waals surface area contributed by atoms with Crippen LogP contribution in [-0.4, -0.2) is 25.8 Å². The van der Waals surface area contributed by atoms with Crippen LogP contribution in [0, 0.1) is 17.2 Å². The molecule has 0 spiro atoms. The first-order valence-corrected chi connectivity index (χ1v) is 7.99. The van der Waals surface area contributed by atoms with Gasteiger partial charge in [-0.3, -0.25) is 0 Å². The summed E-state index contributed by atoms with van der Waals surface area (Å²) in [6, 6.07) is 6.35. The summed E-state index contributed by atoms with van der Waals surface area (Å²) < 4.78 is 26.2. The van der Waals surface area contributed by atoms with Crippen molar-refractivity contribution in [1.82, 2.24) is 4.31 Å². The minimum atomic E-state index is -3.64. The maximum absolute atomic E-state index is 12.5. The van der Waals surface area contributed by atoms with Crippen molar-refractivity contribution in [3.63, 3.8) is 0 Å². The quantitative estimate of drug-likeness (QED) is 0.842. The van der Waals surface area contributed by atoms with E-state index in [2.05, 4.69) is 6.07 Å². The predicted octanol–water partition coefficient (Wildman–Crippen LogP) is 2.92. The van der Waals surface area contributed by atoms with E-state index in [0.29, 0.717) is 13.0 Å². The van der Waals surface area contributed by atoms with Crippen LogP contribution in [0.5, 0.6) is 0 Å². The Hall–Kier alpha value is -0.800. The molecule has 19 heavy (non-hydrogen) atoms. The van der Waals surface area contributed by atoms with Crippen molar-refractivity contribution in [2.75, 3.05) is 13.1 Å². The molecule has 0 aromatic heterocycles. The SMILES string of the molecule is N#CC1CCCN(S(=O)(=O)c2cc(Cl)cc(Cl)c2)C1. The van der Waals surface area contributed by atoms with Gasteiger partial charge in [-0.1, -0.05) is 23.2 Å². The third-order valence-electron chi connectivity index (χ3n) is 3.04. The highest BCUT2D eigenvalue weighted by atomic mass is 35.5. The van der Waals surface area contributed by atoms with Crippen LogP contribution in [0.25, 0.3) is 0 Å². The molecule has 1 aromatic rings. The van der Waals surface area contributed by atoms with Crippen LogP contribution in [0.2, 0.25) is 10.0 Å². The third kappa shape index (κ3) is 3.21. The molecule has 0 radical (unpaired) electrons. The van der Waals surface area contributed by atoms with Crippen LogP contribution in [0.4, 0.5) is 0 Å².